The van der Waals surface area contributed by atoms with E-state index in [1.165, 1.54) is 18.0 Å². The molecular weight excluding hydrogens is 833 g/mol. The number of halogens is 2. The van der Waals surface area contributed by atoms with Crippen molar-refractivity contribution in [3.8, 4) is 22.6 Å². The van der Waals surface area contributed by atoms with Crippen LogP contribution in [0.5, 0.6) is 0 Å². The zero-order valence-electron chi connectivity index (χ0n) is 37.3. The second kappa shape index (κ2) is 19.3. The van der Waals surface area contributed by atoms with Gasteiger partial charge in [-0.25, -0.2) is 23.4 Å². The predicted octanol–water partition coefficient (Wildman–Crippen LogP) is 8.01. The third kappa shape index (κ3) is 9.75. The number of amides is 3. The average molecular weight is 892 g/mol. The van der Waals surface area contributed by atoms with Crippen LogP contribution in [-0.4, -0.2) is 96.2 Å². The maximum Gasteiger partial charge on any atom is 0.249 e. The van der Waals surface area contributed by atoms with Crippen LogP contribution in [0.4, 0.5) is 20.3 Å². The molecule has 65 heavy (non-hydrogen) atoms. The number of unbranched alkanes of at least 4 members (excludes halogenated alkanes) is 4. The van der Waals surface area contributed by atoms with E-state index in [9.17, 15) is 14.4 Å². The summed E-state index contributed by atoms with van der Waals surface area (Å²) in [5.41, 5.74) is 11.3. The first-order valence-electron chi connectivity index (χ1n) is 23.6. The summed E-state index contributed by atoms with van der Waals surface area (Å²) in [4.78, 5) is 54.8. The second-order valence-corrected chi connectivity index (χ2v) is 18.7. The van der Waals surface area contributed by atoms with Crippen LogP contribution in [0.25, 0.3) is 33.7 Å². The standard InChI is InChI=1S/C48H59F2N11O4/c1-28(2)61-47-42(46(51)53-27-54-47)43(57-61)44-41(45(65-58-44)31-9-10-31)36-12-11-32(26-52-36)29-17-22-60(23-18-29)40(63)8-6-4-3-5-7-19-59-20-15-30(16-21-59)33-24-35(50)38(25-34(33)49)55-37-13-14-39(62)56-48(37)64/h11-12,24-31,37,55H,3-10,13-23H2,1-2H3,(H2,51,53,54)(H,56,62,64). The molecule has 4 fully saturated rings. The van der Waals surface area contributed by atoms with Gasteiger partial charge in [0.1, 0.15) is 47.0 Å². The summed E-state index contributed by atoms with van der Waals surface area (Å²) in [5.74, 6) is 0.00479. The van der Waals surface area contributed by atoms with Crippen molar-refractivity contribution < 1.29 is 27.7 Å². The summed E-state index contributed by atoms with van der Waals surface area (Å²) in [6.45, 7) is 8.21. The monoisotopic (exact) mass is 891 g/mol. The molecule has 17 heteroatoms. The first kappa shape index (κ1) is 44.4. The number of nitrogens with two attached hydrogens (primary N) is 1. The quantitative estimate of drug-likeness (QED) is 0.0640. The molecule has 1 unspecified atom stereocenters. The number of nitrogens with one attached hydrogen (secondary N) is 2. The molecule has 1 saturated carbocycles. The highest BCUT2D eigenvalue weighted by Gasteiger charge is 2.36. The van der Waals surface area contributed by atoms with Gasteiger partial charge >= 0.3 is 0 Å². The second-order valence-electron chi connectivity index (χ2n) is 18.7. The first-order chi connectivity index (χ1) is 31.5. The number of fused-ring (bicyclic) bond motifs is 1. The van der Waals surface area contributed by atoms with Crippen LogP contribution >= 0.6 is 0 Å². The van der Waals surface area contributed by atoms with Gasteiger partial charge in [0.2, 0.25) is 17.7 Å². The molecule has 4 aliphatic rings. The molecule has 7 heterocycles. The lowest BCUT2D eigenvalue weighted by Crippen LogP contribution is -2.47. The fourth-order valence-electron chi connectivity index (χ4n) is 9.89. The SMILES string of the molecule is CC(C)n1nc(-c2noc(C3CC3)c2-c2ccc(C3CCN(C(=O)CCCCCCCN4CCC(c5cc(F)c(NC6CCC(=O)NC6=O)cc5F)CC4)CC3)cn2)c2c(N)ncnc21. The van der Waals surface area contributed by atoms with Crippen LogP contribution in [0.3, 0.4) is 0 Å². The molecule has 0 spiro atoms. The van der Waals surface area contributed by atoms with E-state index < -0.39 is 23.6 Å². The van der Waals surface area contributed by atoms with Gasteiger partial charge in [-0.05, 0) is 126 Å². The molecule has 344 valence electrons. The highest BCUT2D eigenvalue weighted by Crippen LogP contribution is 2.48. The Balaban J connectivity index is 0.687. The van der Waals surface area contributed by atoms with Crippen molar-refractivity contribution in [3.63, 3.8) is 0 Å². The van der Waals surface area contributed by atoms with Crippen molar-refractivity contribution >= 4 is 40.3 Å². The highest BCUT2D eigenvalue weighted by molar-refractivity contribution is 6.02. The Morgan fingerprint density at radius 1 is 0.877 bits per heavy atom. The number of hydrogen-bond donors (Lipinski definition) is 3. The first-order valence-corrected chi connectivity index (χ1v) is 23.6. The number of likely N-dealkylation sites (tertiary alicyclic amines) is 2. The van der Waals surface area contributed by atoms with E-state index in [1.807, 2.05) is 29.6 Å². The molecule has 0 bridgehead atoms. The van der Waals surface area contributed by atoms with Gasteiger partial charge in [0.25, 0.3) is 0 Å². The number of carbonyl (C=O) groups excluding carboxylic acids is 3. The van der Waals surface area contributed by atoms with E-state index >= 15 is 8.78 Å². The minimum atomic E-state index is -0.777. The largest absolute Gasteiger partial charge is 0.383 e. The summed E-state index contributed by atoms with van der Waals surface area (Å²) in [6.07, 6.45) is 14.9. The summed E-state index contributed by atoms with van der Waals surface area (Å²) < 4.78 is 38.0. The molecule has 4 N–H and O–H groups in total. The zero-order chi connectivity index (χ0) is 45.2. The Hall–Kier alpha value is -5.84. The van der Waals surface area contributed by atoms with Crippen molar-refractivity contribution in [1.29, 1.82) is 0 Å². The van der Waals surface area contributed by atoms with Crippen LogP contribution < -0.4 is 16.4 Å². The van der Waals surface area contributed by atoms with E-state index in [0.717, 1.165) is 126 Å². The van der Waals surface area contributed by atoms with Crippen LogP contribution in [0.2, 0.25) is 0 Å². The van der Waals surface area contributed by atoms with E-state index in [4.69, 9.17) is 20.3 Å². The van der Waals surface area contributed by atoms with Crippen LogP contribution in [0.15, 0.2) is 41.3 Å². The Labute approximate surface area is 377 Å². The molecule has 0 radical (unpaired) electrons. The van der Waals surface area contributed by atoms with E-state index in [1.54, 1.807) is 0 Å². The number of imide groups is 1. The van der Waals surface area contributed by atoms with Crippen LogP contribution in [0, 0.1) is 11.6 Å². The average Bonchev–Trinajstić information content (AvgIpc) is 3.93. The minimum absolute atomic E-state index is 0.0498. The summed E-state index contributed by atoms with van der Waals surface area (Å²) in [6, 6.07) is 5.88. The number of rotatable bonds is 16. The predicted molar refractivity (Wildman–Crippen MR) is 242 cm³/mol. The third-order valence-electron chi connectivity index (χ3n) is 13.8. The van der Waals surface area contributed by atoms with Gasteiger partial charge in [-0.2, -0.15) is 5.10 Å². The van der Waals surface area contributed by atoms with E-state index in [2.05, 4.69) is 42.8 Å². The molecule has 3 amide bonds. The van der Waals surface area contributed by atoms with Gasteiger partial charge in [0, 0.05) is 50.2 Å². The van der Waals surface area contributed by atoms with Gasteiger partial charge in [-0.15, -0.1) is 0 Å². The van der Waals surface area contributed by atoms with Crippen molar-refractivity contribution in [3.05, 3.63) is 65.3 Å². The van der Waals surface area contributed by atoms with Crippen molar-refractivity contribution in [1.82, 2.24) is 45.0 Å². The number of carbonyl (C=O) groups is 3. The number of anilines is 2. The number of piperidine rings is 3. The molecular formula is C48H59F2N11O4. The smallest absolute Gasteiger partial charge is 0.249 e. The molecule has 1 aliphatic carbocycles. The van der Waals surface area contributed by atoms with E-state index in [-0.39, 0.29) is 42.3 Å². The summed E-state index contributed by atoms with van der Waals surface area (Å²) >= 11 is 0. The molecule has 9 rings (SSSR count). The fourth-order valence-corrected chi connectivity index (χ4v) is 9.89. The topological polar surface area (TPSA) is 190 Å². The lowest BCUT2D eigenvalue weighted by atomic mass is 9.88. The van der Waals surface area contributed by atoms with Crippen LogP contribution in [-0.2, 0) is 14.4 Å². The molecule has 1 aromatic carbocycles. The highest BCUT2D eigenvalue weighted by atomic mass is 19.1. The molecule has 3 aliphatic heterocycles. The van der Waals surface area contributed by atoms with Gasteiger partial charge < -0.3 is 25.4 Å². The van der Waals surface area contributed by atoms with Crippen LogP contribution in [0.1, 0.15) is 144 Å². The van der Waals surface area contributed by atoms with E-state index in [0.29, 0.717) is 52.1 Å². The molecule has 3 saturated heterocycles. The van der Waals surface area contributed by atoms with Crippen molar-refractivity contribution in [2.45, 2.75) is 134 Å². The van der Waals surface area contributed by atoms with Gasteiger partial charge in [-0.1, -0.05) is 30.5 Å². The Morgan fingerprint density at radius 2 is 1.63 bits per heavy atom. The summed E-state index contributed by atoms with van der Waals surface area (Å²) in [7, 11) is 0. The number of benzene rings is 1. The third-order valence-corrected chi connectivity index (χ3v) is 13.8. The normalized spacial score (nSPS) is 19.1. The summed E-state index contributed by atoms with van der Waals surface area (Å²) in [5, 5.41) is 15.1. The molecule has 15 nitrogen and oxygen atoms in total. The maximum atomic E-state index is 15.2. The Bertz CT molecular complexity index is 2520. The number of hydrogen-bond acceptors (Lipinski definition) is 12. The Morgan fingerprint density at radius 3 is 2.35 bits per heavy atom. The Kier molecular flexibility index (Phi) is 13.2. The number of pyridine rings is 1. The number of nitrogen functional groups attached to an aromatic ring is 1. The fraction of sp³-hybridized carbons (Fsp3) is 0.542. The molecule has 1 atom stereocenters. The lowest BCUT2D eigenvalue weighted by Gasteiger charge is -2.32. The van der Waals surface area contributed by atoms with Crippen molar-refractivity contribution in [2.75, 3.05) is 43.8 Å². The minimum Gasteiger partial charge on any atom is -0.383 e. The van der Waals surface area contributed by atoms with Gasteiger partial charge in [0.05, 0.1) is 22.3 Å². The van der Waals surface area contributed by atoms with Gasteiger partial charge in [0.15, 0.2) is 5.65 Å². The number of aromatic nitrogens is 6. The van der Waals surface area contributed by atoms with Gasteiger partial charge in [-0.3, -0.25) is 24.7 Å². The molecule has 5 aromatic rings. The lowest BCUT2D eigenvalue weighted by molar-refractivity contribution is -0.134. The maximum absolute atomic E-state index is 15.2. The zero-order valence-corrected chi connectivity index (χ0v) is 37.3. The van der Waals surface area contributed by atoms with Crippen molar-refractivity contribution in [2.24, 2.45) is 0 Å². The number of nitrogens with zero attached hydrogens (tertiary/aromatic N) is 8. The molecule has 4 aromatic heterocycles.